The lowest BCUT2D eigenvalue weighted by molar-refractivity contribution is -0.118. The van der Waals surface area contributed by atoms with Crippen LogP contribution < -0.4 is 21.9 Å². The number of nitrogen functional groups attached to an aromatic ring is 1. The van der Waals surface area contributed by atoms with Crippen molar-refractivity contribution in [2.45, 2.75) is 46.1 Å². The Kier molecular flexibility index (Phi) is 7.65. The van der Waals surface area contributed by atoms with E-state index >= 15 is 0 Å². The zero-order valence-electron chi connectivity index (χ0n) is 18.6. The number of aryl methyl sites for hydroxylation is 2. The molecule has 0 atom stereocenters. The molecule has 0 aliphatic carbocycles. The van der Waals surface area contributed by atoms with Gasteiger partial charge < -0.3 is 10.6 Å². The van der Waals surface area contributed by atoms with Crippen LogP contribution in [0.3, 0.4) is 0 Å². The Morgan fingerprint density at radius 1 is 1.03 bits per heavy atom. The highest BCUT2D eigenvalue weighted by molar-refractivity contribution is 5.95. The quantitative estimate of drug-likeness (QED) is 0.540. The molecule has 3 rings (SSSR count). The fraction of sp³-hybridized carbons (Fsp3) is 0.320. The number of nitrogens with zero attached hydrogens (tertiary/aromatic N) is 2. The minimum absolute atomic E-state index is 0.00221. The van der Waals surface area contributed by atoms with Gasteiger partial charge in [0.25, 0.3) is 5.56 Å². The third-order valence-corrected chi connectivity index (χ3v) is 5.45. The molecule has 0 radical (unpaired) electrons. The van der Waals surface area contributed by atoms with Crippen LogP contribution >= 0.6 is 0 Å². The number of aromatic nitrogens is 2. The van der Waals surface area contributed by atoms with Gasteiger partial charge in [-0.2, -0.15) is 0 Å². The number of unbranched alkanes of at least 4 members (excludes halogenated alkanes) is 1. The molecule has 0 aliphatic rings. The Balaban J connectivity index is 1.92. The molecule has 0 saturated carbocycles. The molecule has 1 aromatic heterocycles. The number of H-pyrrole nitrogens is 1. The van der Waals surface area contributed by atoms with Gasteiger partial charge in [-0.15, -0.1) is 0 Å². The van der Waals surface area contributed by atoms with Gasteiger partial charge in [0.2, 0.25) is 5.91 Å². The van der Waals surface area contributed by atoms with E-state index in [2.05, 4.69) is 4.98 Å². The van der Waals surface area contributed by atoms with Gasteiger partial charge in [-0.1, -0.05) is 73.5 Å². The Labute approximate surface area is 187 Å². The van der Waals surface area contributed by atoms with E-state index in [1.807, 2.05) is 68.4 Å². The first-order valence-electron chi connectivity index (χ1n) is 10.9. The summed E-state index contributed by atoms with van der Waals surface area (Å²) in [5.41, 5.74) is 8.20. The van der Waals surface area contributed by atoms with E-state index in [-0.39, 0.29) is 30.4 Å². The molecular formula is C25H30N4O3. The molecule has 1 amide bonds. The van der Waals surface area contributed by atoms with Gasteiger partial charge in [-0.05, 0) is 30.9 Å². The van der Waals surface area contributed by atoms with Crippen LogP contribution in [0, 0.1) is 6.92 Å². The van der Waals surface area contributed by atoms with Crippen molar-refractivity contribution < 1.29 is 4.79 Å². The summed E-state index contributed by atoms with van der Waals surface area (Å²) in [4.78, 5) is 42.2. The molecule has 0 unspecified atom stereocenters. The average Bonchev–Trinajstić information content (AvgIpc) is 2.79. The number of carbonyl (C=O) groups is 1. The van der Waals surface area contributed by atoms with Crippen molar-refractivity contribution in [1.82, 2.24) is 9.55 Å². The van der Waals surface area contributed by atoms with E-state index in [9.17, 15) is 14.4 Å². The van der Waals surface area contributed by atoms with Crippen molar-refractivity contribution in [3.63, 3.8) is 0 Å². The van der Waals surface area contributed by atoms with E-state index in [0.717, 1.165) is 23.1 Å². The lowest BCUT2D eigenvalue weighted by Gasteiger charge is -2.24. The number of amides is 1. The number of hydrogen-bond acceptors (Lipinski definition) is 4. The van der Waals surface area contributed by atoms with Crippen LogP contribution in [0.2, 0.25) is 0 Å². The molecule has 168 valence electrons. The molecule has 7 heteroatoms. The molecule has 0 fully saturated rings. The minimum atomic E-state index is -0.642. The summed E-state index contributed by atoms with van der Waals surface area (Å²) in [6.07, 6.45) is 2.36. The van der Waals surface area contributed by atoms with E-state index in [4.69, 9.17) is 5.73 Å². The van der Waals surface area contributed by atoms with E-state index < -0.39 is 11.2 Å². The first-order chi connectivity index (χ1) is 15.4. The van der Waals surface area contributed by atoms with E-state index in [0.29, 0.717) is 19.4 Å². The maximum Gasteiger partial charge on any atom is 0.330 e. The van der Waals surface area contributed by atoms with Crippen molar-refractivity contribution in [2.75, 3.05) is 17.2 Å². The fourth-order valence-corrected chi connectivity index (χ4v) is 3.58. The minimum Gasteiger partial charge on any atom is -0.383 e. The van der Waals surface area contributed by atoms with Gasteiger partial charge in [-0.3, -0.25) is 19.1 Å². The number of aromatic amines is 1. The molecule has 0 bridgehead atoms. The standard InChI is InChI=1S/C25H30N4O3/c1-3-4-16-28(21(30)15-14-19-12-10-18(2)11-13-19)22-23(26)29(25(32)27-24(22)31)17-20-8-6-5-7-9-20/h5-13H,3-4,14-17,26H2,1-2H3,(H,27,31,32). The second-order valence-corrected chi connectivity index (χ2v) is 7.95. The molecule has 0 spiro atoms. The number of rotatable bonds is 9. The molecule has 3 aromatic rings. The molecule has 7 nitrogen and oxygen atoms in total. The normalized spacial score (nSPS) is 10.8. The Bertz CT molecular complexity index is 1160. The monoisotopic (exact) mass is 434 g/mol. The van der Waals surface area contributed by atoms with Gasteiger partial charge in [0, 0.05) is 13.0 Å². The third kappa shape index (κ3) is 5.55. The largest absolute Gasteiger partial charge is 0.383 e. The summed E-state index contributed by atoms with van der Waals surface area (Å²) in [6.45, 7) is 4.59. The lowest BCUT2D eigenvalue weighted by atomic mass is 10.1. The Hall–Kier alpha value is -3.61. The predicted molar refractivity (Wildman–Crippen MR) is 128 cm³/mol. The summed E-state index contributed by atoms with van der Waals surface area (Å²) in [5.74, 6) is -0.191. The number of hydrogen-bond donors (Lipinski definition) is 2. The summed E-state index contributed by atoms with van der Waals surface area (Å²) >= 11 is 0. The molecular weight excluding hydrogens is 404 g/mol. The van der Waals surface area contributed by atoms with Gasteiger partial charge in [0.05, 0.1) is 6.54 Å². The van der Waals surface area contributed by atoms with E-state index in [1.54, 1.807) is 0 Å². The number of nitrogens with one attached hydrogen (secondary N) is 1. The van der Waals surface area contributed by atoms with Crippen molar-refractivity contribution >= 4 is 17.4 Å². The number of carbonyl (C=O) groups excluding carboxylic acids is 1. The lowest BCUT2D eigenvalue weighted by Crippen LogP contribution is -2.41. The molecule has 2 aromatic carbocycles. The summed E-state index contributed by atoms with van der Waals surface area (Å²) in [5, 5.41) is 0. The molecule has 3 N–H and O–H groups in total. The second-order valence-electron chi connectivity index (χ2n) is 7.95. The second kappa shape index (κ2) is 10.6. The zero-order valence-corrected chi connectivity index (χ0v) is 18.6. The molecule has 0 aliphatic heterocycles. The Morgan fingerprint density at radius 2 is 1.72 bits per heavy atom. The van der Waals surface area contributed by atoms with Gasteiger partial charge in [0.15, 0.2) is 5.69 Å². The molecule has 0 saturated heterocycles. The van der Waals surface area contributed by atoms with Gasteiger partial charge in [-0.25, -0.2) is 4.79 Å². The highest BCUT2D eigenvalue weighted by Gasteiger charge is 2.23. The van der Waals surface area contributed by atoms with Crippen LogP contribution in [0.25, 0.3) is 0 Å². The maximum absolute atomic E-state index is 13.2. The maximum atomic E-state index is 13.2. The predicted octanol–water partition coefficient (Wildman–Crippen LogP) is 3.24. The van der Waals surface area contributed by atoms with Crippen molar-refractivity contribution in [2.24, 2.45) is 0 Å². The van der Waals surface area contributed by atoms with Crippen LogP contribution in [-0.2, 0) is 17.8 Å². The number of benzene rings is 2. The zero-order chi connectivity index (χ0) is 23.1. The fourth-order valence-electron chi connectivity index (χ4n) is 3.58. The number of nitrogens with two attached hydrogens (primary N) is 1. The van der Waals surface area contributed by atoms with Crippen LogP contribution in [0.15, 0.2) is 64.2 Å². The first-order valence-corrected chi connectivity index (χ1v) is 10.9. The number of anilines is 2. The smallest absolute Gasteiger partial charge is 0.330 e. The van der Waals surface area contributed by atoms with Gasteiger partial charge in [0.1, 0.15) is 5.82 Å². The van der Waals surface area contributed by atoms with Crippen LogP contribution in [0.4, 0.5) is 11.5 Å². The summed E-state index contributed by atoms with van der Waals surface area (Å²) < 4.78 is 1.30. The topological polar surface area (TPSA) is 101 Å². The van der Waals surface area contributed by atoms with Crippen molar-refractivity contribution in [1.29, 1.82) is 0 Å². The highest BCUT2D eigenvalue weighted by atomic mass is 16.2. The SMILES string of the molecule is CCCCN(C(=O)CCc1ccc(C)cc1)c1c(N)n(Cc2ccccc2)c(=O)[nH]c1=O. The van der Waals surface area contributed by atoms with E-state index in [1.165, 1.54) is 9.47 Å². The van der Waals surface area contributed by atoms with Crippen molar-refractivity contribution in [3.8, 4) is 0 Å². The van der Waals surface area contributed by atoms with Crippen LogP contribution in [-0.4, -0.2) is 22.0 Å². The molecule has 1 heterocycles. The summed E-state index contributed by atoms with van der Waals surface area (Å²) in [7, 11) is 0. The Morgan fingerprint density at radius 3 is 2.38 bits per heavy atom. The van der Waals surface area contributed by atoms with Crippen LogP contribution in [0.1, 0.15) is 42.9 Å². The molecule has 32 heavy (non-hydrogen) atoms. The highest BCUT2D eigenvalue weighted by Crippen LogP contribution is 2.20. The van der Waals surface area contributed by atoms with Crippen molar-refractivity contribution in [3.05, 3.63) is 92.1 Å². The average molecular weight is 435 g/mol. The summed E-state index contributed by atoms with van der Waals surface area (Å²) in [6, 6.07) is 17.4. The van der Waals surface area contributed by atoms with Crippen LogP contribution in [0.5, 0.6) is 0 Å². The first kappa shape index (κ1) is 23.1. The third-order valence-electron chi connectivity index (χ3n) is 5.45. The van der Waals surface area contributed by atoms with Gasteiger partial charge >= 0.3 is 5.69 Å².